The first kappa shape index (κ1) is 11.7. The van der Waals surface area contributed by atoms with Crippen molar-refractivity contribution in [2.45, 2.75) is 19.4 Å². The van der Waals surface area contributed by atoms with Crippen LogP contribution < -0.4 is 0 Å². The van der Waals surface area contributed by atoms with Gasteiger partial charge in [0.25, 0.3) is 0 Å². The van der Waals surface area contributed by atoms with Gasteiger partial charge in [0, 0.05) is 36.9 Å². The number of aromatic nitrogens is 1. The molecule has 0 amide bonds. The fraction of sp³-hybridized carbons (Fsp3) is 0.286. The van der Waals surface area contributed by atoms with E-state index in [4.69, 9.17) is 4.74 Å². The molecule has 0 saturated carbocycles. The molecule has 1 aromatic carbocycles. The molecule has 3 nitrogen and oxygen atoms in total. The number of Topliss-reactive ketones (excluding diaryl/α,β-unsaturated/α-hetero) is 1. The molecule has 0 spiro atoms. The van der Waals surface area contributed by atoms with Gasteiger partial charge in [-0.1, -0.05) is 18.2 Å². The van der Waals surface area contributed by atoms with Crippen LogP contribution in [0.25, 0.3) is 10.8 Å². The highest BCUT2D eigenvalue weighted by Crippen LogP contribution is 2.19. The molecule has 17 heavy (non-hydrogen) atoms. The van der Waals surface area contributed by atoms with Crippen LogP contribution in [0, 0.1) is 0 Å². The lowest BCUT2D eigenvalue weighted by atomic mass is 10.0. The molecular weight excluding hydrogens is 214 g/mol. The van der Waals surface area contributed by atoms with Crippen LogP contribution in [-0.4, -0.2) is 24.0 Å². The zero-order chi connectivity index (χ0) is 12.3. The van der Waals surface area contributed by atoms with Gasteiger partial charge in [0.05, 0.1) is 6.10 Å². The van der Waals surface area contributed by atoms with Crippen LogP contribution in [0.1, 0.15) is 23.7 Å². The van der Waals surface area contributed by atoms with Gasteiger partial charge in [0.15, 0.2) is 5.78 Å². The van der Waals surface area contributed by atoms with E-state index in [1.54, 1.807) is 19.5 Å². The minimum absolute atomic E-state index is 0.0607. The molecule has 0 aliphatic rings. The number of carbonyl (C=O) groups excluding carboxylic acids is 1. The minimum atomic E-state index is -0.0607. The van der Waals surface area contributed by atoms with E-state index in [1.807, 2.05) is 31.2 Å². The summed E-state index contributed by atoms with van der Waals surface area (Å²) in [5.41, 5.74) is 0.722. The van der Waals surface area contributed by atoms with Crippen LogP contribution in [-0.2, 0) is 4.74 Å². The lowest BCUT2D eigenvalue weighted by molar-refractivity contribution is 0.0793. The third kappa shape index (κ3) is 2.50. The third-order valence-electron chi connectivity index (χ3n) is 2.86. The molecule has 0 aliphatic heterocycles. The Morgan fingerprint density at radius 1 is 1.41 bits per heavy atom. The number of carbonyl (C=O) groups is 1. The van der Waals surface area contributed by atoms with Gasteiger partial charge < -0.3 is 4.74 Å². The predicted molar refractivity (Wildman–Crippen MR) is 67.2 cm³/mol. The molecule has 2 rings (SSSR count). The molecule has 0 N–H and O–H groups in total. The number of ketones is 1. The molecule has 1 aromatic heterocycles. The van der Waals surface area contributed by atoms with Crippen molar-refractivity contribution >= 4 is 16.6 Å². The van der Waals surface area contributed by atoms with Gasteiger partial charge in [-0.25, -0.2) is 0 Å². The fourth-order valence-corrected chi connectivity index (χ4v) is 1.81. The molecule has 2 aromatic rings. The average molecular weight is 229 g/mol. The van der Waals surface area contributed by atoms with E-state index in [9.17, 15) is 4.79 Å². The molecule has 1 heterocycles. The number of fused-ring (bicyclic) bond motifs is 1. The van der Waals surface area contributed by atoms with Gasteiger partial charge in [0.2, 0.25) is 0 Å². The van der Waals surface area contributed by atoms with E-state index >= 15 is 0 Å². The van der Waals surface area contributed by atoms with Gasteiger partial charge in [-0.05, 0) is 18.4 Å². The van der Waals surface area contributed by atoms with Gasteiger partial charge in [-0.2, -0.15) is 0 Å². The maximum atomic E-state index is 12.1. The van der Waals surface area contributed by atoms with E-state index in [0.717, 1.165) is 16.3 Å². The highest BCUT2D eigenvalue weighted by Gasteiger charge is 2.13. The summed E-state index contributed by atoms with van der Waals surface area (Å²) in [6.07, 6.45) is 3.80. The molecule has 1 unspecified atom stereocenters. The van der Waals surface area contributed by atoms with E-state index in [2.05, 4.69) is 4.98 Å². The van der Waals surface area contributed by atoms with Crippen LogP contribution in [0.4, 0.5) is 0 Å². The molecule has 3 heteroatoms. The zero-order valence-electron chi connectivity index (χ0n) is 10.0. The largest absolute Gasteiger partial charge is 0.381 e. The maximum absolute atomic E-state index is 12.1. The standard InChI is InChI=1S/C14H15NO2/c1-10(17-2)8-14(16)12-5-3-4-11-6-7-15-9-13(11)12/h3-7,9-10H,8H2,1-2H3. The van der Waals surface area contributed by atoms with Crippen LogP contribution >= 0.6 is 0 Å². The van der Waals surface area contributed by atoms with E-state index in [0.29, 0.717) is 6.42 Å². The molecule has 0 bridgehead atoms. The quantitative estimate of drug-likeness (QED) is 0.757. The molecule has 0 radical (unpaired) electrons. The molecule has 1 atom stereocenters. The van der Waals surface area contributed by atoms with Crippen molar-refractivity contribution < 1.29 is 9.53 Å². The van der Waals surface area contributed by atoms with E-state index in [1.165, 1.54) is 0 Å². The summed E-state index contributed by atoms with van der Waals surface area (Å²) in [6.45, 7) is 1.89. The SMILES string of the molecule is COC(C)CC(=O)c1cccc2ccncc12. The molecule has 0 aliphatic carbocycles. The Labute approximate surface area is 100 Å². The number of nitrogens with zero attached hydrogens (tertiary/aromatic N) is 1. The summed E-state index contributed by atoms with van der Waals surface area (Å²) in [6, 6.07) is 7.63. The van der Waals surface area contributed by atoms with Gasteiger partial charge in [-0.3, -0.25) is 9.78 Å². The van der Waals surface area contributed by atoms with Crippen LogP contribution in [0.5, 0.6) is 0 Å². The lowest BCUT2D eigenvalue weighted by Crippen LogP contribution is -2.12. The van der Waals surface area contributed by atoms with Crippen LogP contribution in [0.15, 0.2) is 36.7 Å². The number of hydrogen-bond acceptors (Lipinski definition) is 3. The second kappa shape index (κ2) is 5.06. The van der Waals surface area contributed by atoms with Crippen molar-refractivity contribution in [2.24, 2.45) is 0 Å². The number of pyridine rings is 1. The number of hydrogen-bond donors (Lipinski definition) is 0. The van der Waals surface area contributed by atoms with Crippen molar-refractivity contribution in [2.75, 3.05) is 7.11 Å². The normalized spacial score (nSPS) is 12.6. The Morgan fingerprint density at radius 3 is 3.00 bits per heavy atom. The smallest absolute Gasteiger partial charge is 0.166 e. The average Bonchev–Trinajstić information content (AvgIpc) is 2.37. The molecular formula is C14H15NO2. The summed E-state index contributed by atoms with van der Waals surface area (Å²) < 4.78 is 5.12. The van der Waals surface area contributed by atoms with Crippen LogP contribution in [0.3, 0.4) is 0 Å². The number of ether oxygens (including phenoxy) is 1. The van der Waals surface area contributed by atoms with Gasteiger partial charge in [-0.15, -0.1) is 0 Å². The van der Waals surface area contributed by atoms with Gasteiger partial charge in [0.1, 0.15) is 0 Å². The maximum Gasteiger partial charge on any atom is 0.166 e. The van der Waals surface area contributed by atoms with E-state index in [-0.39, 0.29) is 11.9 Å². The first-order valence-corrected chi connectivity index (χ1v) is 5.61. The Bertz CT molecular complexity index is 531. The minimum Gasteiger partial charge on any atom is -0.381 e. The number of benzene rings is 1. The monoisotopic (exact) mass is 229 g/mol. The Kier molecular flexibility index (Phi) is 3.49. The molecule has 0 saturated heterocycles. The first-order valence-electron chi connectivity index (χ1n) is 5.61. The summed E-state index contributed by atoms with van der Waals surface area (Å²) >= 11 is 0. The van der Waals surface area contributed by atoms with Crippen LogP contribution in [0.2, 0.25) is 0 Å². The highest BCUT2D eigenvalue weighted by atomic mass is 16.5. The number of rotatable bonds is 4. The summed E-state index contributed by atoms with van der Waals surface area (Å²) in [5.74, 6) is 0.0953. The Balaban J connectivity index is 2.38. The summed E-state index contributed by atoms with van der Waals surface area (Å²) in [4.78, 5) is 16.2. The fourth-order valence-electron chi connectivity index (χ4n) is 1.81. The van der Waals surface area contributed by atoms with E-state index < -0.39 is 0 Å². The summed E-state index contributed by atoms with van der Waals surface area (Å²) in [5, 5.41) is 1.94. The third-order valence-corrected chi connectivity index (χ3v) is 2.86. The van der Waals surface area contributed by atoms with Crippen molar-refractivity contribution in [1.82, 2.24) is 4.98 Å². The number of methoxy groups -OCH3 is 1. The van der Waals surface area contributed by atoms with Crippen molar-refractivity contribution in [1.29, 1.82) is 0 Å². The van der Waals surface area contributed by atoms with Crippen molar-refractivity contribution in [3.8, 4) is 0 Å². The first-order chi connectivity index (χ1) is 8.22. The van der Waals surface area contributed by atoms with Crippen molar-refractivity contribution in [3.05, 3.63) is 42.2 Å². The Hall–Kier alpha value is -1.74. The lowest BCUT2D eigenvalue weighted by Gasteiger charge is -2.09. The van der Waals surface area contributed by atoms with Gasteiger partial charge >= 0.3 is 0 Å². The Morgan fingerprint density at radius 2 is 2.24 bits per heavy atom. The second-order valence-electron chi connectivity index (χ2n) is 4.08. The molecule has 0 fully saturated rings. The molecule has 88 valence electrons. The topological polar surface area (TPSA) is 39.2 Å². The summed E-state index contributed by atoms with van der Waals surface area (Å²) in [7, 11) is 1.61. The van der Waals surface area contributed by atoms with Crippen molar-refractivity contribution in [3.63, 3.8) is 0 Å². The predicted octanol–water partition coefficient (Wildman–Crippen LogP) is 2.84. The zero-order valence-corrected chi connectivity index (χ0v) is 10.0. The second-order valence-corrected chi connectivity index (χ2v) is 4.08. The highest BCUT2D eigenvalue weighted by molar-refractivity contribution is 6.07.